The first-order valence-electron chi connectivity index (χ1n) is 10.4. The van der Waals surface area contributed by atoms with Crippen molar-refractivity contribution in [3.05, 3.63) is 53.3 Å². The second-order valence-corrected chi connectivity index (χ2v) is 8.27. The molecular weight excluding hydrogens is 405 g/mol. The number of H-pyrrole nitrogens is 1. The molecule has 0 radical (unpaired) electrons. The Morgan fingerprint density at radius 2 is 1.77 bits per heavy atom. The fourth-order valence-corrected chi connectivity index (χ4v) is 4.11. The molecule has 0 unspecified atom stereocenters. The molecule has 1 aromatic heterocycles. The number of halogens is 3. The van der Waals surface area contributed by atoms with Crippen molar-refractivity contribution in [2.75, 3.05) is 24.3 Å². The smallest absolute Gasteiger partial charge is 0.376 e. The topological polar surface area (TPSA) is 61.0 Å². The van der Waals surface area contributed by atoms with Gasteiger partial charge in [-0.25, -0.2) is 4.98 Å². The highest BCUT2D eigenvalue weighted by Gasteiger charge is 2.30. The lowest BCUT2D eigenvalue weighted by molar-refractivity contribution is -0.137. The zero-order valence-electron chi connectivity index (χ0n) is 17.5. The Labute approximate surface area is 178 Å². The average Bonchev–Trinajstić information content (AvgIpc) is 3.16. The Morgan fingerprint density at radius 1 is 1.10 bits per heavy atom. The van der Waals surface area contributed by atoms with Crippen LogP contribution in [0.4, 0.5) is 24.5 Å². The van der Waals surface area contributed by atoms with E-state index in [1.54, 1.807) is 0 Å². The first-order valence-corrected chi connectivity index (χ1v) is 10.4. The van der Waals surface area contributed by atoms with Crippen LogP contribution in [0.15, 0.2) is 36.4 Å². The normalized spacial score (nSPS) is 15.3. The molecule has 2 N–H and O–H groups in total. The number of carbonyl (C=O) groups is 1. The molecule has 3 aromatic rings. The summed E-state index contributed by atoms with van der Waals surface area (Å²) < 4.78 is 38.3. The Kier molecular flexibility index (Phi) is 5.64. The number of imidazole rings is 1. The number of nitrogens with one attached hydrogen (secondary N) is 2. The SMILES string of the molecule is CN(C)c1cc2nc(C3CCCCC3)[nH]c2cc1NC(=O)c1ccc(C(F)(F)F)cc1. The number of nitrogens with zero attached hydrogens (tertiary/aromatic N) is 2. The second kappa shape index (κ2) is 8.24. The third kappa shape index (κ3) is 4.52. The third-order valence-electron chi connectivity index (χ3n) is 5.81. The van der Waals surface area contributed by atoms with Gasteiger partial charge in [-0.1, -0.05) is 19.3 Å². The Bertz CT molecular complexity index is 1080. The van der Waals surface area contributed by atoms with Gasteiger partial charge in [0.25, 0.3) is 5.91 Å². The van der Waals surface area contributed by atoms with Crippen LogP contribution in [-0.2, 0) is 6.18 Å². The van der Waals surface area contributed by atoms with Crippen molar-refractivity contribution < 1.29 is 18.0 Å². The fraction of sp³-hybridized carbons (Fsp3) is 0.391. The number of hydrogen-bond donors (Lipinski definition) is 2. The van der Waals surface area contributed by atoms with Crippen LogP contribution in [0, 0.1) is 0 Å². The van der Waals surface area contributed by atoms with Crippen LogP contribution < -0.4 is 10.2 Å². The van der Waals surface area contributed by atoms with Crippen LogP contribution >= 0.6 is 0 Å². The summed E-state index contributed by atoms with van der Waals surface area (Å²) in [6.45, 7) is 0. The van der Waals surface area contributed by atoms with Crippen LogP contribution in [0.25, 0.3) is 11.0 Å². The van der Waals surface area contributed by atoms with E-state index in [-0.39, 0.29) is 5.56 Å². The van der Waals surface area contributed by atoms with E-state index < -0.39 is 17.6 Å². The molecule has 2 aromatic carbocycles. The van der Waals surface area contributed by atoms with Gasteiger partial charge in [-0.2, -0.15) is 13.2 Å². The lowest BCUT2D eigenvalue weighted by Gasteiger charge is -2.18. The molecule has 8 heteroatoms. The van der Waals surface area contributed by atoms with E-state index >= 15 is 0 Å². The first-order chi connectivity index (χ1) is 14.7. The number of benzene rings is 2. The van der Waals surface area contributed by atoms with Crippen molar-refractivity contribution >= 4 is 28.3 Å². The number of carbonyl (C=O) groups excluding carboxylic acids is 1. The van der Waals surface area contributed by atoms with Crippen molar-refractivity contribution in [3.8, 4) is 0 Å². The zero-order chi connectivity index (χ0) is 22.2. The summed E-state index contributed by atoms with van der Waals surface area (Å²) in [5, 5.41) is 2.84. The van der Waals surface area contributed by atoms with E-state index in [1.165, 1.54) is 31.4 Å². The minimum Gasteiger partial charge on any atom is -0.376 e. The lowest BCUT2D eigenvalue weighted by Crippen LogP contribution is -2.17. The summed E-state index contributed by atoms with van der Waals surface area (Å²) in [4.78, 5) is 22.8. The Hall–Kier alpha value is -3.03. The molecule has 1 aliphatic rings. The van der Waals surface area contributed by atoms with Crippen molar-refractivity contribution in [2.45, 2.75) is 44.2 Å². The summed E-state index contributed by atoms with van der Waals surface area (Å²) in [5.41, 5.74) is 2.37. The molecule has 1 heterocycles. The number of amides is 1. The van der Waals surface area contributed by atoms with Gasteiger partial charge in [0.2, 0.25) is 0 Å². The molecule has 0 bridgehead atoms. The minimum atomic E-state index is -4.44. The maximum atomic E-state index is 12.8. The molecule has 0 atom stereocenters. The van der Waals surface area contributed by atoms with Crippen LogP contribution in [0.5, 0.6) is 0 Å². The summed E-state index contributed by atoms with van der Waals surface area (Å²) in [7, 11) is 3.73. The molecule has 0 saturated heterocycles. The molecule has 1 aliphatic carbocycles. The Morgan fingerprint density at radius 3 is 2.39 bits per heavy atom. The van der Waals surface area contributed by atoms with Gasteiger partial charge in [0.05, 0.1) is 28.0 Å². The zero-order valence-corrected chi connectivity index (χ0v) is 17.5. The third-order valence-corrected chi connectivity index (χ3v) is 5.81. The van der Waals surface area contributed by atoms with Gasteiger partial charge in [0.1, 0.15) is 5.82 Å². The van der Waals surface area contributed by atoms with E-state index in [0.29, 0.717) is 11.6 Å². The summed E-state index contributed by atoms with van der Waals surface area (Å²) in [6.07, 6.45) is 1.49. The molecule has 1 amide bonds. The predicted octanol–water partition coefficient (Wildman–Crippen LogP) is 5.95. The lowest BCUT2D eigenvalue weighted by atomic mass is 9.89. The molecular formula is C23H25F3N4O. The minimum absolute atomic E-state index is 0.158. The monoisotopic (exact) mass is 430 g/mol. The van der Waals surface area contributed by atoms with E-state index in [2.05, 4.69) is 10.3 Å². The second-order valence-electron chi connectivity index (χ2n) is 8.27. The number of aromatic amines is 1. The highest BCUT2D eigenvalue weighted by Crippen LogP contribution is 2.35. The number of rotatable bonds is 4. The molecule has 0 aliphatic heterocycles. The van der Waals surface area contributed by atoms with E-state index in [4.69, 9.17) is 4.98 Å². The molecule has 1 saturated carbocycles. The summed E-state index contributed by atoms with van der Waals surface area (Å²) in [5.74, 6) is 0.933. The van der Waals surface area contributed by atoms with Crippen molar-refractivity contribution in [1.82, 2.24) is 9.97 Å². The molecule has 31 heavy (non-hydrogen) atoms. The standard InChI is InChI=1S/C23H25F3N4O/c1-30(2)20-13-18-17(27-21(28-18)14-6-4-3-5-7-14)12-19(20)29-22(31)15-8-10-16(11-9-15)23(24,25)26/h8-14H,3-7H2,1-2H3,(H,27,28)(H,29,31). The predicted molar refractivity (Wildman–Crippen MR) is 116 cm³/mol. The molecule has 164 valence electrons. The van der Waals surface area contributed by atoms with Gasteiger partial charge in [-0.15, -0.1) is 0 Å². The van der Waals surface area contributed by atoms with Gasteiger partial charge in [0, 0.05) is 25.6 Å². The number of aromatic nitrogens is 2. The number of fused-ring (bicyclic) bond motifs is 1. The quantitative estimate of drug-likeness (QED) is 0.538. The van der Waals surface area contributed by atoms with Crippen molar-refractivity contribution in [3.63, 3.8) is 0 Å². The number of alkyl halides is 3. The van der Waals surface area contributed by atoms with Crippen LogP contribution in [0.3, 0.4) is 0 Å². The fourth-order valence-electron chi connectivity index (χ4n) is 4.11. The van der Waals surface area contributed by atoms with Gasteiger partial charge >= 0.3 is 6.18 Å². The van der Waals surface area contributed by atoms with Crippen molar-refractivity contribution in [1.29, 1.82) is 0 Å². The molecule has 4 rings (SSSR count). The van der Waals surface area contributed by atoms with Crippen molar-refractivity contribution in [2.24, 2.45) is 0 Å². The van der Waals surface area contributed by atoms with Crippen LogP contribution in [-0.4, -0.2) is 30.0 Å². The van der Waals surface area contributed by atoms with Gasteiger partial charge < -0.3 is 15.2 Å². The summed E-state index contributed by atoms with van der Waals surface area (Å²) >= 11 is 0. The molecule has 5 nitrogen and oxygen atoms in total. The van der Waals surface area contributed by atoms with Crippen LogP contribution in [0.2, 0.25) is 0 Å². The average molecular weight is 430 g/mol. The summed E-state index contributed by atoms with van der Waals surface area (Å²) in [6, 6.07) is 7.95. The Balaban J connectivity index is 1.62. The first kappa shape index (κ1) is 21.2. The molecule has 1 fully saturated rings. The van der Waals surface area contributed by atoms with Gasteiger partial charge in [0.15, 0.2) is 0 Å². The molecule has 0 spiro atoms. The largest absolute Gasteiger partial charge is 0.416 e. The number of hydrogen-bond acceptors (Lipinski definition) is 3. The van der Waals surface area contributed by atoms with E-state index in [9.17, 15) is 18.0 Å². The highest BCUT2D eigenvalue weighted by molar-refractivity contribution is 6.07. The maximum absolute atomic E-state index is 12.8. The van der Waals surface area contributed by atoms with E-state index in [0.717, 1.165) is 47.5 Å². The van der Waals surface area contributed by atoms with E-state index in [1.807, 2.05) is 31.1 Å². The van der Waals surface area contributed by atoms with Gasteiger partial charge in [-0.05, 0) is 49.2 Å². The van der Waals surface area contributed by atoms with Gasteiger partial charge in [-0.3, -0.25) is 4.79 Å². The highest BCUT2D eigenvalue weighted by atomic mass is 19.4. The van der Waals surface area contributed by atoms with Crippen LogP contribution in [0.1, 0.15) is 59.8 Å². The number of anilines is 2. The maximum Gasteiger partial charge on any atom is 0.416 e.